The summed E-state index contributed by atoms with van der Waals surface area (Å²) in [7, 11) is 1.48. The minimum atomic E-state index is -0.298. The zero-order chi connectivity index (χ0) is 12.3. The average molecular weight is 230 g/mol. The van der Waals surface area contributed by atoms with Crippen LogP contribution >= 0.6 is 0 Å². The van der Waals surface area contributed by atoms with Gasteiger partial charge in [-0.3, -0.25) is 4.79 Å². The van der Waals surface area contributed by atoms with E-state index in [1.165, 1.54) is 13.2 Å². The third kappa shape index (κ3) is 2.18. The molecule has 0 aliphatic rings. The van der Waals surface area contributed by atoms with Crippen molar-refractivity contribution < 1.29 is 13.9 Å². The van der Waals surface area contributed by atoms with Gasteiger partial charge < -0.3 is 4.74 Å². The third-order valence-corrected chi connectivity index (χ3v) is 2.55. The van der Waals surface area contributed by atoms with Crippen molar-refractivity contribution in [2.45, 2.75) is 0 Å². The van der Waals surface area contributed by atoms with E-state index in [1.807, 2.05) is 0 Å². The van der Waals surface area contributed by atoms with Crippen molar-refractivity contribution in [1.29, 1.82) is 0 Å². The molecule has 2 nitrogen and oxygen atoms in total. The monoisotopic (exact) mass is 230 g/mol. The van der Waals surface area contributed by atoms with Crippen molar-refractivity contribution in [3.8, 4) is 16.9 Å². The molecular weight excluding hydrogens is 219 g/mol. The number of halogens is 1. The number of benzene rings is 2. The summed E-state index contributed by atoms with van der Waals surface area (Å²) in [6.45, 7) is 0. The lowest BCUT2D eigenvalue weighted by Crippen LogP contribution is -1.92. The molecule has 0 saturated heterocycles. The number of ether oxygens (including phenoxy) is 1. The first-order valence-corrected chi connectivity index (χ1v) is 5.14. The van der Waals surface area contributed by atoms with Gasteiger partial charge in [0, 0.05) is 5.56 Å². The van der Waals surface area contributed by atoms with Crippen LogP contribution in [0.15, 0.2) is 42.5 Å². The summed E-state index contributed by atoms with van der Waals surface area (Å²) in [4.78, 5) is 10.7. The van der Waals surface area contributed by atoms with Gasteiger partial charge in [-0.2, -0.15) is 0 Å². The Morgan fingerprint density at radius 3 is 2.59 bits per heavy atom. The molecule has 0 bridgehead atoms. The molecule has 0 fully saturated rings. The molecule has 0 radical (unpaired) electrons. The molecule has 0 atom stereocenters. The maximum absolute atomic E-state index is 13.6. The SMILES string of the molecule is COc1cc(-c2ccccc2F)ccc1C=O. The van der Waals surface area contributed by atoms with Crippen LogP contribution in [0.3, 0.4) is 0 Å². The van der Waals surface area contributed by atoms with E-state index in [4.69, 9.17) is 4.74 Å². The van der Waals surface area contributed by atoms with E-state index in [1.54, 1.807) is 36.4 Å². The second-order valence-corrected chi connectivity index (χ2v) is 3.55. The standard InChI is InChI=1S/C14H11FO2/c1-17-14-8-10(6-7-11(14)9-16)12-4-2-3-5-13(12)15/h2-9H,1H3. The quantitative estimate of drug-likeness (QED) is 0.756. The number of aldehydes is 1. The minimum Gasteiger partial charge on any atom is -0.496 e. The van der Waals surface area contributed by atoms with Gasteiger partial charge in [0.15, 0.2) is 6.29 Å². The summed E-state index contributed by atoms with van der Waals surface area (Å²) in [6.07, 6.45) is 0.712. The molecule has 2 rings (SSSR count). The van der Waals surface area contributed by atoms with Crippen molar-refractivity contribution in [3.63, 3.8) is 0 Å². The van der Waals surface area contributed by atoms with Gasteiger partial charge >= 0.3 is 0 Å². The molecule has 17 heavy (non-hydrogen) atoms. The molecule has 86 valence electrons. The number of hydrogen-bond acceptors (Lipinski definition) is 2. The van der Waals surface area contributed by atoms with E-state index >= 15 is 0 Å². The lowest BCUT2D eigenvalue weighted by atomic mass is 10.0. The van der Waals surface area contributed by atoms with Crippen LogP contribution in [0.1, 0.15) is 10.4 Å². The molecule has 0 heterocycles. The van der Waals surface area contributed by atoms with E-state index in [0.717, 1.165) is 0 Å². The number of carbonyl (C=O) groups is 1. The van der Waals surface area contributed by atoms with Gasteiger partial charge in [-0.1, -0.05) is 24.3 Å². The van der Waals surface area contributed by atoms with Crippen LogP contribution in [0, 0.1) is 5.82 Å². The summed E-state index contributed by atoms with van der Waals surface area (Å²) in [5.41, 5.74) is 1.63. The smallest absolute Gasteiger partial charge is 0.153 e. The van der Waals surface area contributed by atoms with Gasteiger partial charge in [0.25, 0.3) is 0 Å². The van der Waals surface area contributed by atoms with Crippen LogP contribution < -0.4 is 4.74 Å². The third-order valence-electron chi connectivity index (χ3n) is 2.55. The molecule has 0 amide bonds. The predicted molar refractivity (Wildman–Crippen MR) is 63.8 cm³/mol. The molecule has 0 unspecified atom stereocenters. The van der Waals surface area contributed by atoms with Gasteiger partial charge in [0.2, 0.25) is 0 Å². The Kier molecular flexibility index (Phi) is 3.19. The zero-order valence-corrected chi connectivity index (χ0v) is 9.31. The Morgan fingerprint density at radius 2 is 1.94 bits per heavy atom. The minimum absolute atomic E-state index is 0.298. The van der Waals surface area contributed by atoms with Gasteiger partial charge in [0.1, 0.15) is 11.6 Å². The van der Waals surface area contributed by atoms with Crippen molar-refractivity contribution >= 4 is 6.29 Å². The largest absolute Gasteiger partial charge is 0.496 e. The molecule has 2 aromatic rings. The van der Waals surface area contributed by atoms with Crippen molar-refractivity contribution in [1.82, 2.24) is 0 Å². The lowest BCUT2D eigenvalue weighted by Gasteiger charge is -2.07. The topological polar surface area (TPSA) is 26.3 Å². The highest BCUT2D eigenvalue weighted by Gasteiger charge is 2.08. The molecule has 0 aromatic heterocycles. The van der Waals surface area contributed by atoms with Crippen LogP contribution in [-0.4, -0.2) is 13.4 Å². The highest BCUT2D eigenvalue weighted by Crippen LogP contribution is 2.28. The first-order chi connectivity index (χ1) is 8.26. The zero-order valence-electron chi connectivity index (χ0n) is 9.31. The molecule has 3 heteroatoms. The highest BCUT2D eigenvalue weighted by molar-refractivity contribution is 5.81. The number of methoxy groups -OCH3 is 1. The summed E-state index contributed by atoms with van der Waals surface area (Å²) in [5, 5.41) is 0. The summed E-state index contributed by atoms with van der Waals surface area (Å²) in [6, 6.07) is 11.5. The van der Waals surface area contributed by atoms with E-state index in [2.05, 4.69) is 0 Å². The summed E-state index contributed by atoms with van der Waals surface area (Å²) in [5.74, 6) is 0.147. The normalized spacial score (nSPS) is 10.0. The maximum atomic E-state index is 13.6. The molecule has 0 saturated carbocycles. The Balaban J connectivity index is 2.54. The Morgan fingerprint density at radius 1 is 1.18 bits per heavy atom. The second kappa shape index (κ2) is 4.78. The maximum Gasteiger partial charge on any atom is 0.153 e. The number of carbonyl (C=O) groups excluding carboxylic acids is 1. The Hall–Kier alpha value is -2.16. The molecule has 2 aromatic carbocycles. The lowest BCUT2D eigenvalue weighted by molar-refractivity contribution is 0.112. The van der Waals surface area contributed by atoms with Crippen molar-refractivity contribution in [3.05, 3.63) is 53.8 Å². The number of hydrogen-bond donors (Lipinski definition) is 0. The molecule has 0 N–H and O–H groups in total. The van der Waals surface area contributed by atoms with Gasteiger partial charge in [-0.25, -0.2) is 4.39 Å². The first kappa shape index (κ1) is 11.3. The fraction of sp³-hybridized carbons (Fsp3) is 0.0714. The molecule has 0 aliphatic heterocycles. The fourth-order valence-electron chi connectivity index (χ4n) is 1.67. The van der Waals surface area contributed by atoms with Crippen molar-refractivity contribution in [2.24, 2.45) is 0 Å². The average Bonchev–Trinajstić information content (AvgIpc) is 2.38. The fourth-order valence-corrected chi connectivity index (χ4v) is 1.67. The highest BCUT2D eigenvalue weighted by atomic mass is 19.1. The molecule has 0 aliphatic carbocycles. The van der Waals surface area contributed by atoms with E-state index in [-0.39, 0.29) is 5.82 Å². The van der Waals surface area contributed by atoms with E-state index < -0.39 is 0 Å². The molecular formula is C14H11FO2. The first-order valence-electron chi connectivity index (χ1n) is 5.14. The molecule has 0 spiro atoms. The second-order valence-electron chi connectivity index (χ2n) is 3.55. The van der Waals surface area contributed by atoms with Crippen LogP contribution in [0.4, 0.5) is 4.39 Å². The predicted octanol–water partition coefficient (Wildman–Crippen LogP) is 3.31. The van der Waals surface area contributed by atoms with Gasteiger partial charge in [-0.05, 0) is 23.8 Å². The van der Waals surface area contributed by atoms with E-state index in [9.17, 15) is 9.18 Å². The van der Waals surface area contributed by atoms with Crippen LogP contribution in [0.2, 0.25) is 0 Å². The van der Waals surface area contributed by atoms with E-state index in [0.29, 0.717) is 28.7 Å². The Labute approximate surface area is 98.7 Å². The van der Waals surface area contributed by atoms with Crippen LogP contribution in [0.25, 0.3) is 11.1 Å². The van der Waals surface area contributed by atoms with Crippen molar-refractivity contribution in [2.75, 3.05) is 7.11 Å². The van der Waals surface area contributed by atoms with Crippen LogP contribution in [-0.2, 0) is 0 Å². The summed E-state index contributed by atoms with van der Waals surface area (Å²) < 4.78 is 18.7. The van der Waals surface area contributed by atoms with Gasteiger partial charge in [-0.15, -0.1) is 0 Å². The number of rotatable bonds is 3. The Bertz CT molecular complexity index is 550. The summed E-state index contributed by atoms with van der Waals surface area (Å²) >= 11 is 0. The van der Waals surface area contributed by atoms with Gasteiger partial charge in [0.05, 0.1) is 12.7 Å². The van der Waals surface area contributed by atoms with Crippen LogP contribution in [0.5, 0.6) is 5.75 Å².